The molecule has 15 heavy (non-hydrogen) atoms. The van der Waals surface area contributed by atoms with Crippen molar-refractivity contribution in [3.63, 3.8) is 0 Å². The molecule has 2 aliphatic carbocycles. The molecule has 3 N–H and O–H groups in total. The first kappa shape index (κ1) is 11.4. The number of hydrogen-bond acceptors (Lipinski definition) is 2. The van der Waals surface area contributed by atoms with Crippen LogP contribution in [0, 0.1) is 17.8 Å². The smallest absolute Gasteiger partial charge is 0.00482 e. The third-order valence-electron chi connectivity index (χ3n) is 4.05. The van der Waals surface area contributed by atoms with Gasteiger partial charge in [0, 0.05) is 6.04 Å². The highest BCUT2D eigenvalue weighted by molar-refractivity contribution is 4.92. The Bertz CT molecular complexity index is 173. The molecule has 88 valence electrons. The summed E-state index contributed by atoms with van der Waals surface area (Å²) in [4.78, 5) is 0. The van der Waals surface area contributed by atoms with E-state index < -0.39 is 0 Å². The van der Waals surface area contributed by atoms with Crippen LogP contribution in [0.25, 0.3) is 0 Å². The van der Waals surface area contributed by atoms with Gasteiger partial charge in [-0.1, -0.05) is 6.92 Å². The number of hydrogen-bond donors (Lipinski definition) is 2. The second-order valence-corrected chi connectivity index (χ2v) is 5.50. The largest absolute Gasteiger partial charge is 0.328 e. The van der Waals surface area contributed by atoms with E-state index in [1.54, 1.807) is 0 Å². The van der Waals surface area contributed by atoms with Gasteiger partial charge >= 0.3 is 0 Å². The van der Waals surface area contributed by atoms with Gasteiger partial charge in [-0.2, -0.15) is 0 Å². The Morgan fingerprint density at radius 2 is 1.80 bits per heavy atom. The van der Waals surface area contributed by atoms with Gasteiger partial charge in [0.05, 0.1) is 0 Å². The Morgan fingerprint density at radius 3 is 2.27 bits per heavy atom. The van der Waals surface area contributed by atoms with Crippen LogP contribution in [0.2, 0.25) is 0 Å². The zero-order chi connectivity index (χ0) is 10.7. The lowest BCUT2D eigenvalue weighted by atomic mass is 9.98. The minimum Gasteiger partial charge on any atom is -0.328 e. The van der Waals surface area contributed by atoms with Crippen molar-refractivity contribution in [1.82, 2.24) is 5.32 Å². The van der Waals surface area contributed by atoms with Gasteiger partial charge in [-0.25, -0.2) is 0 Å². The summed E-state index contributed by atoms with van der Waals surface area (Å²) in [6.07, 6.45) is 8.23. The fourth-order valence-electron chi connectivity index (χ4n) is 2.53. The standard InChI is InChI=1S/C13H26N2/c1-2-12(14)7-8-15-9-13(10-3-4-10)11-5-6-11/h10-13,15H,2-9,14H2,1H3. The lowest BCUT2D eigenvalue weighted by Crippen LogP contribution is -2.30. The van der Waals surface area contributed by atoms with Crippen molar-refractivity contribution in [3.8, 4) is 0 Å². The molecule has 2 heteroatoms. The molecule has 0 bridgehead atoms. The van der Waals surface area contributed by atoms with Crippen LogP contribution in [0.3, 0.4) is 0 Å². The average Bonchev–Trinajstić information content (AvgIpc) is 3.09. The first-order valence-corrected chi connectivity index (χ1v) is 6.77. The van der Waals surface area contributed by atoms with E-state index in [-0.39, 0.29) is 0 Å². The Balaban J connectivity index is 1.55. The van der Waals surface area contributed by atoms with E-state index in [1.165, 1.54) is 32.2 Å². The molecule has 0 aromatic heterocycles. The molecular weight excluding hydrogens is 184 g/mol. The fourth-order valence-corrected chi connectivity index (χ4v) is 2.53. The van der Waals surface area contributed by atoms with E-state index in [9.17, 15) is 0 Å². The van der Waals surface area contributed by atoms with Crippen molar-refractivity contribution in [3.05, 3.63) is 0 Å². The maximum absolute atomic E-state index is 5.89. The third-order valence-corrected chi connectivity index (χ3v) is 4.05. The summed E-state index contributed by atoms with van der Waals surface area (Å²) in [7, 11) is 0. The first-order valence-electron chi connectivity index (χ1n) is 6.77. The van der Waals surface area contributed by atoms with Crippen molar-refractivity contribution >= 4 is 0 Å². The van der Waals surface area contributed by atoms with Crippen LogP contribution >= 0.6 is 0 Å². The molecule has 0 aromatic carbocycles. The highest BCUT2D eigenvalue weighted by atomic mass is 14.9. The van der Waals surface area contributed by atoms with Crippen LogP contribution in [-0.4, -0.2) is 19.1 Å². The Kier molecular flexibility index (Phi) is 4.04. The van der Waals surface area contributed by atoms with Gasteiger partial charge in [0.2, 0.25) is 0 Å². The predicted octanol–water partition coefficient (Wildman–Crippen LogP) is 2.14. The van der Waals surface area contributed by atoms with E-state index >= 15 is 0 Å². The maximum atomic E-state index is 5.89. The normalized spacial score (nSPS) is 23.4. The second-order valence-electron chi connectivity index (χ2n) is 5.50. The summed E-state index contributed by atoms with van der Waals surface area (Å²) in [5, 5.41) is 3.61. The minimum absolute atomic E-state index is 0.401. The van der Waals surface area contributed by atoms with Crippen LogP contribution in [0.5, 0.6) is 0 Å². The molecule has 1 atom stereocenters. The van der Waals surface area contributed by atoms with Crippen molar-refractivity contribution in [2.45, 2.75) is 51.5 Å². The molecule has 0 aliphatic heterocycles. The Labute approximate surface area is 94.0 Å². The van der Waals surface area contributed by atoms with Gasteiger partial charge in [0.25, 0.3) is 0 Å². The molecule has 2 saturated carbocycles. The van der Waals surface area contributed by atoms with E-state index in [4.69, 9.17) is 5.73 Å². The lowest BCUT2D eigenvalue weighted by molar-refractivity contribution is 0.374. The lowest BCUT2D eigenvalue weighted by Gasteiger charge is -2.17. The topological polar surface area (TPSA) is 38.0 Å². The highest BCUT2D eigenvalue weighted by Gasteiger charge is 2.40. The molecule has 0 saturated heterocycles. The molecule has 0 spiro atoms. The molecule has 0 radical (unpaired) electrons. The molecule has 2 fully saturated rings. The molecule has 1 unspecified atom stereocenters. The zero-order valence-electron chi connectivity index (χ0n) is 10.0. The minimum atomic E-state index is 0.401. The average molecular weight is 210 g/mol. The number of nitrogens with one attached hydrogen (secondary N) is 1. The highest BCUT2D eigenvalue weighted by Crippen LogP contribution is 2.48. The Morgan fingerprint density at radius 1 is 1.20 bits per heavy atom. The van der Waals surface area contributed by atoms with E-state index in [0.29, 0.717) is 6.04 Å². The van der Waals surface area contributed by atoms with E-state index in [2.05, 4.69) is 12.2 Å². The van der Waals surface area contributed by atoms with Crippen LogP contribution in [0.1, 0.15) is 45.4 Å². The van der Waals surface area contributed by atoms with Gasteiger partial charge in [-0.15, -0.1) is 0 Å². The molecule has 2 rings (SSSR count). The van der Waals surface area contributed by atoms with Crippen molar-refractivity contribution < 1.29 is 0 Å². The number of nitrogens with two attached hydrogens (primary N) is 1. The van der Waals surface area contributed by atoms with Gasteiger partial charge in [0.1, 0.15) is 0 Å². The van der Waals surface area contributed by atoms with Gasteiger partial charge < -0.3 is 11.1 Å². The molecule has 2 aliphatic rings. The van der Waals surface area contributed by atoms with E-state index in [0.717, 1.165) is 37.1 Å². The molecular formula is C13H26N2. The van der Waals surface area contributed by atoms with Gasteiger partial charge in [-0.3, -0.25) is 0 Å². The van der Waals surface area contributed by atoms with Crippen molar-refractivity contribution in [2.75, 3.05) is 13.1 Å². The van der Waals surface area contributed by atoms with Crippen molar-refractivity contribution in [1.29, 1.82) is 0 Å². The fraction of sp³-hybridized carbons (Fsp3) is 1.00. The van der Waals surface area contributed by atoms with E-state index in [1.807, 2.05) is 0 Å². The second kappa shape index (κ2) is 5.31. The monoisotopic (exact) mass is 210 g/mol. The number of rotatable bonds is 8. The Hall–Kier alpha value is -0.0800. The third kappa shape index (κ3) is 3.76. The summed E-state index contributed by atoms with van der Waals surface area (Å²) >= 11 is 0. The van der Waals surface area contributed by atoms with Gasteiger partial charge in [-0.05, 0) is 69.4 Å². The molecule has 0 aromatic rings. The molecule has 0 amide bonds. The summed E-state index contributed by atoms with van der Waals surface area (Å²) in [6, 6.07) is 0.401. The molecule has 0 heterocycles. The maximum Gasteiger partial charge on any atom is 0.00482 e. The summed E-state index contributed by atoms with van der Waals surface area (Å²) < 4.78 is 0. The van der Waals surface area contributed by atoms with Crippen LogP contribution in [-0.2, 0) is 0 Å². The van der Waals surface area contributed by atoms with Crippen molar-refractivity contribution in [2.24, 2.45) is 23.5 Å². The van der Waals surface area contributed by atoms with Crippen LogP contribution < -0.4 is 11.1 Å². The first-order chi connectivity index (χ1) is 7.31. The van der Waals surface area contributed by atoms with Crippen LogP contribution in [0.15, 0.2) is 0 Å². The SMILES string of the molecule is CCC(N)CCNCC(C1CC1)C1CC1. The predicted molar refractivity (Wildman–Crippen MR) is 64.7 cm³/mol. The quantitative estimate of drug-likeness (QED) is 0.602. The van der Waals surface area contributed by atoms with Crippen LogP contribution in [0.4, 0.5) is 0 Å². The van der Waals surface area contributed by atoms with Gasteiger partial charge in [0.15, 0.2) is 0 Å². The molecule has 2 nitrogen and oxygen atoms in total. The zero-order valence-corrected chi connectivity index (χ0v) is 10.0. The summed E-state index contributed by atoms with van der Waals surface area (Å²) in [6.45, 7) is 4.54. The summed E-state index contributed by atoms with van der Waals surface area (Å²) in [5.41, 5.74) is 5.89. The summed E-state index contributed by atoms with van der Waals surface area (Å²) in [5.74, 6) is 3.15.